The van der Waals surface area contributed by atoms with Gasteiger partial charge in [-0.1, -0.05) is 0 Å². The molecule has 1 heterocycles. The third kappa shape index (κ3) is 3.41. The number of carbonyl (C=O) groups is 1. The van der Waals surface area contributed by atoms with Gasteiger partial charge in [0.15, 0.2) is 6.61 Å². The molecule has 110 valence electrons. The van der Waals surface area contributed by atoms with Gasteiger partial charge in [0, 0.05) is 18.8 Å². The molecule has 0 aliphatic heterocycles. The van der Waals surface area contributed by atoms with Gasteiger partial charge < -0.3 is 4.74 Å². The highest BCUT2D eigenvalue weighted by Gasteiger charge is 2.29. The van der Waals surface area contributed by atoms with Crippen LogP contribution in [0.4, 0.5) is 8.78 Å². The highest BCUT2D eigenvalue weighted by atomic mass is 19.3. The molecule has 0 atom stereocenters. The fourth-order valence-corrected chi connectivity index (χ4v) is 1.80. The van der Waals surface area contributed by atoms with Gasteiger partial charge in [-0.3, -0.25) is 9.63 Å². The molecule has 20 heavy (non-hydrogen) atoms. The molecular weight excluding hydrogens is 270 g/mol. The molecule has 0 aromatic carbocycles. The van der Waals surface area contributed by atoms with Crippen molar-refractivity contribution in [3.8, 4) is 5.88 Å². The maximum Gasteiger partial charge on any atom is 0.278 e. The van der Waals surface area contributed by atoms with Crippen LogP contribution in [0.25, 0.3) is 0 Å². The molecule has 0 bridgehead atoms. The Bertz CT molecular complexity index is 493. The molecule has 5 nitrogen and oxygen atoms in total. The number of hydrogen-bond donors (Lipinski definition) is 0. The molecule has 0 spiro atoms. The van der Waals surface area contributed by atoms with E-state index in [9.17, 15) is 13.6 Å². The molecule has 7 heteroatoms. The van der Waals surface area contributed by atoms with Crippen LogP contribution in [0.2, 0.25) is 0 Å². The lowest BCUT2D eigenvalue weighted by molar-refractivity contribution is -0.0757. The maximum atomic E-state index is 12.2. The van der Waals surface area contributed by atoms with Gasteiger partial charge in [0.25, 0.3) is 12.3 Å². The van der Waals surface area contributed by atoms with E-state index in [0.29, 0.717) is 11.1 Å². The molecule has 1 fully saturated rings. The van der Waals surface area contributed by atoms with Crippen molar-refractivity contribution in [2.24, 2.45) is 0 Å². The topological polar surface area (TPSA) is 51.7 Å². The minimum Gasteiger partial charge on any atom is -0.471 e. The van der Waals surface area contributed by atoms with Gasteiger partial charge in [0.2, 0.25) is 5.88 Å². The summed E-state index contributed by atoms with van der Waals surface area (Å²) >= 11 is 0. The minimum atomic E-state index is -2.55. The van der Waals surface area contributed by atoms with Crippen molar-refractivity contribution in [2.45, 2.75) is 25.2 Å². The average molecular weight is 286 g/mol. The van der Waals surface area contributed by atoms with Crippen molar-refractivity contribution in [3.05, 3.63) is 23.4 Å². The molecule has 1 aromatic heterocycles. The second-order valence-corrected chi connectivity index (χ2v) is 4.58. The van der Waals surface area contributed by atoms with E-state index >= 15 is 0 Å². The summed E-state index contributed by atoms with van der Waals surface area (Å²) in [4.78, 5) is 20.8. The van der Waals surface area contributed by atoms with E-state index in [0.717, 1.165) is 17.9 Å². The van der Waals surface area contributed by atoms with Crippen LogP contribution in [-0.2, 0) is 4.84 Å². The Morgan fingerprint density at radius 2 is 2.25 bits per heavy atom. The van der Waals surface area contributed by atoms with Crippen molar-refractivity contribution >= 4 is 5.91 Å². The zero-order valence-corrected chi connectivity index (χ0v) is 11.3. The Morgan fingerprint density at radius 3 is 2.80 bits per heavy atom. The Kier molecular flexibility index (Phi) is 4.49. The second kappa shape index (κ2) is 6.13. The van der Waals surface area contributed by atoms with Crippen LogP contribution in [-0.4, -0.2) is 43.1 Å². The lowest BCUT2D eigenvalue weighted by atomic mass is 10.1. The van der Waals surface area contributed by atoms with Crippen molar-refractivity contribution in [1.82, 2.24) is 10.0 Å². The summed E-state index contributed by atoms with van der Waals surface area (Å²) in [6.07, 6.45) is 0.657. The molecule has 0 saturated heterocycles. The van der Waals surface area contributed by atoms with Gasteiger partial charge in [-0.15, -0.1) is 0 Å². The molecule has 2 rings (SSSR count). The van der Waals surface area contributed by atoms with E-state index in [1.165, 1.54) is 20.4 Å². The van der Waals surface area contributed by atoms with Crippen LogP contribution in [0.3, 0.4) is 0 Å². The number of aromatic nitrogens is 1. The number of halogens is 2. The van der Waals surface area contributed by atoms with Crippen molar-refractivity contribution in [3.63, 3.8) is 0 Å². The molecular formula is C13H16F2N2O3. The fraction of sp³-hybridized carbons (Fsp3) is 0.538. The van der Waals surface area contributed by atoms with Crippen LogP contribution in [0.15, 0.2) is 12.3 Å². The summed E-state index contributed by atoms with van der Waals surface area (Å²) in [5.74, 6) is 0.0718. The molecule has 1 aliphatic carbocycles. The predicted molar refractivity (Wildman–Crippen MR) is 66.8 cm³/mol. The lowest BCUT2D eigenvalue weighted by Crippen LogP contribution is -2.25. The van der Waals surface area contributed by atoms with E-state index in [4.69, 9.17) is 9.57 Å². The first kappa shape index (κ1) is 14.6. The Labute approximate surface area is 115 Å². The SMILES string of the molecule is CON(C)C(=O)c1cnc(OCC(F)F)c(C2CC2)c1. The molecule has 1 aromatic rings. The zero-order chi connectivity index (χ0) is 14.7. The number of nitrogens with zero attached hydrogens (tertiary/aromatic N) is 2. The van der Waals surface area contributed by atoms with Gasteiger partial charge in [0.05, 0.1) is 12.7 Å². The summed E-state index contributed by atoms with van der Waals surface area (Å²) < 4.78 is 29.4. The van der Waals surface area contributed by atoms with Crippen LogP contribution in [0.5, 0.6) is 5.88 Å². The Balaban J connectivity index is 2.21. The van der Waals surface area contributed by atoms with E-state index in [-0.39, 0.29) is 17.7 Å². The van der Waals surface area contributed by atoms with Crippen molar-refractivity contribution < 1.29 is 23.1 Å². The average Bonchev–Trinajstić information content (AvgIpc) is 3.27. The first-order valence-electron chi connectivity index (χ1n) is 6.26. The molecule has 1 saturated carbocycles. The number of hydrogen-bond acceptors (Lipinski definition) is 4. The largest absolute Gasteiger partial charge is 0.471 e. The summed E-state index contributed by atoms with van der Waals surface area (Å²) in [7, 11) is 2.87. The predicted octanol–water partition coefficient (Wildman–Crippen LogP) is 2.24. The van der Waals surface area contributed by atoms with Crippen LogP contribution >= 0.6 is 0 Å². The van der Waals surface area contributed by atoms with Gasteiger partial charge in [-0.2, -0.15) is 0 Å². The number of rotatable bonds is 6. The number of carbonyl (C=O) groups excluding carboxylic acids is 1. The molecule has 0 N–H and O–H groups in total. The minimum absolute atomic E-state index is 0.185. The van der Waals surface area contributed by atoms with Crippen LogP contribution < -0.4 is 4.74 Å². The van der Waals surface area contributed by atoms with Crippen molar-refractivity contribution in [1.29, 1.82) is 0 Å². The number of amides is 1. The van der Waals surface area contributed by atoms with E-state index < -0.39 is 13.0 Å². The smallest absolute Gasteiger partial charge is 0.278 e. The van der Waals surface area contributed by atoms with E-state index in [2.05, 4.69) is 4.98 Å². The summed E-state index contributed by atoms with van der Waals surface area (Å²) in [6.45, 7) is -0.696. The van der Waals surface area contributed by atoms with Gasteiger partial charge in [-0.05, 0) is 24.8 Å². The number of alkyl halides is 2. The monoisotopic (exact) mass is 286 g/mol. The zero-order valence-electron chi connectivity index (χ0n) is 11.3. The quantitative estimate of drug-likeness (QED) is 0.753. The standard InChI is InChI=1S/C13H16F2N2O3/c1-17(19-2)13(18)9-5-10(8-3-4-8)12(16-6-9)20-7-11(14)15/h5-6,8,11H,3-4,7H2,1-2H3. The Morgan fingerprint density at radius 1 is 1.55 bits per heavy atom. The summed E-state index contributed by atoms with van der Waals surface area (Å²) in [5.41, 5.74) is 1.06. The Hall–Kier alpha value is -1.76. The third-order valence-electron chi connectivity index (χ3n) is 3.05. The first-order chi connectivity index (χ1) is 9.52. The lowest BCUT2D eigenvalue weighted by Gasteiger charge is -2.15. The van der Waals surface area contributed by atoms with E-state index in [1.807, 2.05) is 0 Å². The first-order valence-corrected chi connectivity index (χ1v) is 6.26. The maximum absolute atomic E-state index is 12.2. The fourth-order valence-electron chi connectivity index (χ4n) is 1.80. The van der Waals surface area contributed by atoms with Crippen LogP contribution in [0.1, 0.15) is 34.7 Å². The second-order valence-electron chi connectivity index (χ2n) is 4.58. The van der Waals surface area contributed by atoms with Crippen LogP contribution in [0, 0.1) is 0 Å². The number of hydroxylamine groups is 2. The molecule has 0 radical (unpaired) electrons. The molecule has 1 aliphatic rings. The highest BCUT2D eigenvalue weighted by molar-refractivity contribution is 5.93. The number of ether oxygens (including phenoxy) is 1. The van der Waals surface area contributed by atoms with E-state index in [1.54, 1.807) is 6.07 Å². The summed E-state index contributed by atoms with van der Waals surface area (Å²) in [5, 5.41) is 1.08. The summed E-state index contributed by atoms with van der Waals surface area (Å²) in [6, 6.07) is 1.64. The normalized spacial score (nSPS) is 14.4. The van der Waals surface area contributed by atoms with Gasteiger partial charge in [0.1, 0.15) is 0 Å². The van der Waals surface area contributed by atoms with Gasteiger partial charge in [-0.25, -0.2) is 18.8 Å². The highest BCUT2D eigenvalue weighted by Crippen LogP contribution is 2.44. The van der Waals surface area contributed by atoms with Gasteiger partial charge >= 0.3 is 0 Å². The van der Waals surface area contributed by atoms with Crippen molar-refractivity contribution in [2.75, 3.05) is 20.8 Å². The number of pyridine rings is 1. The molecule has 0 unspecified atom stereocenters. The third-order valence-corrected chi connectivity index (χ3v) is 3.05. The molecule has 1 amide bonds.